The molecule has 0 radical (unpaired) electrons. The minimum Gasteiger partial charge on any atom is -0.458 e. The topological polar surface area (TPSA) is 26.3 Å². The van der Waals surface area contributed by atoms with E-state index >= 15 is 0 Å². The largest absolute Gasteiger partial charge is 0.458 e. The van der Waals surface area contributed by atoms with Crippen LogP contribution in [-0.2, 0) is 9.53 Å². The lowest BCUT2D eigenvalue weighted by molar-refractivity contribution is -0.155. The molecule has 2 bridgehead atoms. The van der Waals surface area contributed by atoms with Crippen molar-refractivity contribution in [1.82, 2.24) is 0 Å². The van der Waals surface area contributed by atoms with E-state index in [0.29, 0.717) is 11.5 Å². The summed E-state index contributed by atoms with van der Waals surface area (Å²) >= 11 is 0. The Labute approximate surface area is 98.1 Å². The highest BCUT2D eigenvalue weighted by Crippen LogP contribution is 2.58. The molecule has 0 aromatic rings. The zero-order chi connectivity index (χ0) is 11.9. The molecule has 2 saturated carbocycles. The lowest BCUT2D eigenvalue weighted by Crippen LogP contribution is -2.40. The Bertz CT molecular complexity index is 321. The highest BCUT2D eigenvalue weighted by atomic mass is 16.5. The van der Waals surface area contributed by atoms with Gasteiger partial charge >= 0.3 is 5.97 Å². The number of rotatable bonds is 3. The first-order valence-electron chi connectivity index (χ1n) is 6.35. The van der Waals surface area contributed by atoms with Crippen molar-refractivity contribution in [1.29, 1.82) is 0 Å². The monoisotopic (exact) mass is 222 g/mol. The molecule has 0 heterocycles. The number of carbonyl (C=O) groups excluding carboxylic acids is 1. The molecule has 0 saturated heterocycles. The third-order valence-electron chi connectivity index (χ3n) is 4.83. The van der Waals surface area contributed by atoms with Crippen molar-refractivity contribution in [2.45, 2.75) is 52.6 Å². The molecule has 2 aliphatic rings. The van der Waals surface area contributed by atoms with E-state index in [9.17, 15) is 4.79 Å². The molecular formula is C14H22O2. The Morgan fingerprint density at radius 1 is 1.50 bits per heavy atom. The molecule has 2 aliphatic carbocycles. The van der Waals surface area contributed by atoms with E-state index < -0.39 is 0 Å². The smallest absolute Gasteiger partial charge is 0.333 e. The molecule has 0 amide bonds. The van der Waals surface area contributed by atoms with Crippen LogP contribution < -0.4 is 0 Å². The van der Waals surface area contributed by atoms with Crippen LogP contribution in [0.25, 0.3) is 0 Å². The second-order valence-electron chi connectivity index (χ2n) is 5.74. The van der Waals surface area contributed by atoms with E-state index in [-0.39, 0.29) is 17.5 Å². The van der Waals surface area contributed by atoms with Crippen molar-refractivity contribution in [2.75, 3.05) is 0 Å². The summed E-state index contributed by atoms with van der Waals surface area (Å²) in [6.45, 7) is 9.87. The van der Waals surface area contributed by atoms with Crippen LogP contribution in [0.4, 0.5) is 0 Å². The third-order valence-corrected chi connectivity index (χ3v) is 4.83. The van der Waals surface area contributed by atoms with Gasteiger partial charge in [0, 0.05) is 11.0 Å². The van der Waals surface area contributed by atoms with Gasteiger partial charge in [0.15, 0.2) is 0 Å². The fourth-order valence-corrected chi connectivity index (χ4v) is 3.60. The van der Waals surface area contributed by atoms with E-state index in [2.05, 4.69) is 20.4 Å². The first-order valence-corrected chi connectivity index (χ1v) is 6.35. The van der Waals surface area contributed by atoms with Crippen molar-refractivity contribution in [3.05, 3.63) is 12.2 Å². The van der Waals surface area contributed by atoms with Gasteiger partial charge in [0.05, 0.1) is 0 Å². The molecule has 0 N–H and O–H groups in total. The molecular weight excluding hydrogens is 200 g/mol. The molecule has 2 nitrogen and oxygen atoms in total. The fraction of sp³-hybridized carbons (Fsp3) is 0.786. The highest BCUT2D eigenvalue weighted by Gasteiger charge is 2.56. The second-order valence-corrected chi connectivity index (χ2v) is 5.74. The Balaban J connectivity index is 2.14. The van der Waals surface area contributed by atoms with Gasteiger partial charge in [-0.1, -0.05) is 20.4 Å². The van der Waals surface area contributed by atoms with Crippen LogP contribution in [0.1, 0.15) is 46.5 Å². The van der Waals surface area contributed by atoms with Crippen LogP contribution in [0.2, 0.25) is 0 Å². The fourth-order valence-electron chi connectivity index (χ4n) is 3.60. The normalized spacial score (nSPS) is 41.1. The molecule has 0 aromatic heterocycles. The van der Waals surface area contributed by atoms with Gasteiger partial charge in [-0.15, -0.1) is 0 Å². The number of carbonyl (C=O) groups is 1. The maximum Gasteiger partial charge on any atom is 0.333 e. The molecule has 2 fully saturated rings. The summed E-state index contributed by atoms with van der Waals surface area (Å²) in [5, 5.41) is 0. The summed E-state index contributed by atoms with van der Waals surface area (Å²) < 4.78 is 5.67. The van der Waals surface area contributed by atoms with Gasteiger partial charge in [-0.3, -0.25) is 0 Å². The summed E-state index contributed by atoms with van der Waals surface area (Å²) in [4.78, 5) is 11.7. The van der Waals surface area contributed by atoms with Crippen LogP contribution >= 0.6 is 0 Å². The van der Waals surface area contributed by atoms with Gasteiger partial charge in [0.1, 0.15) is 6.10 Å². The number of hydrogen-bond donors (Lipinski definition) is 0. The zero-order valence-corrected chi connectivity index (χ0v) is 10.6. The summed E-state index contributed by atoms with van der Waals surface area (Å²) in [7, 11) is 0. The van der Waals surface area contributed by atoms with E-state index in [0.717, 1.165) is 12.3 Å². The van der Waals surface area contributed by atoms with E-state index in [1.807, 2.05) is 0 Å². The average Bonchev–Trinajstić information content (AvgIpc) is 2.81. The lowest BCUT2D eigenvalue weighted by Gasteiger charge is -2.39. The van der Waals surface area contributed by atoms with Crippen molar-refractivity contribution in [3.63, 3.8) is 0 Å². The van der Waals surface area contributed by atoms with E-state index in [4.69, 9.17) is 4.74 Å². The lowest BCUT2D eigenvalue weighted by atomic mass is 9.71. The first-order chi connectivity index (χ1) is 7.49. The van der Waals surface area contributed by atoms with Gasteiger partial charge < -0.3 is 4.74 Å². The quantitative estimate of drug-likeness (QED) is 0.541. The Hall–Kier alpha value is -0.790. The number of hydrogen-bond acceptors (Lipinski definition) is 2. The predicted octanol–water partition coefficient (Wildman–Crippen LogP) is 3.32. The standard InChI is InChI=1S/C14H22O2/c1-5-14(4)11-7-6-10(8-11)12(14)16-13(15)9(2)3/h10-12H,2,5-8H2,1,3-4H3. The van der Waals surface area contributed by atoms with Gasteiger partial charge in [-0.2, -0.15) is 0 Å². The molecule has 4 unspecified atom stereocenters. The Morgan fingerprint density at radius 2 is 2.19 bits per heavy atom. The molecule has 16 heavy (non-hydrogen) atoms. The molecule has 2 heteroatoms. The second kappa shape index (κ2) is 3.90. The average molecular weight is 222 g/mol. The zero-order valence-electron chi connectivity index (χ0n) is 10.6. The van der Waals surface area contributed by atoms with Crippen molar-refractivity contribution >= 4 is 5.97 Å². The minimum atomic E-state index is -0.211. The van der Waals surface area contributed by atoms with Gasteiger partial charge in [0.2, 0.25) is 0 Å². The molecule has 0 aliphatic heterocycles. The van der Waals surface area contributed by atoms with Gasteiger partial charge in [0.25, 0.3) is 0 Å². The van der Waals surface area contributed by atoms with E-state index in [1.54, 1.807) is 6.92 Å². The molecule has 0 spiro atoms. The van der Waals surface area contributed by atoms with Crippen LogP contribution in [-0.4, -0.2) is 12.1 Å². The summed E-state index contributed by atoms with van der Waals surface area (Å²) in [6, 6.07) is 0. The molecule has 0 aromatic carbocycles. The Kier molecular flexibility index (Phi) is 2.85. The first kappa shape index (κ1) is 11.7. The van der Waals surface area contributed by atoms with Crippen LogP contribution in [0.5, 0.6) is 0 Å². The van der Waals surface area contributed by atoms with Gasteiger partial charge in [-0.25, -0.2) is 4.79 Å². The van der Waals surface area contributed by atoms with E-state index in [1.165, 1.54) is 19.3 Å². The van der Waals surface area contributed by atoms with Crippen LogP contribution in [0, 0.1) is 17.3 Å². The Morgan fingerprint density at radius 3 is 2.75 bits per heavy atom. The predicted molar refractivity (Wildman–Crippen MR) is 63.9 cm³/mol. The maximum absolute atomic E-state index is 11.7. The number of fused-ring (bicyclic) bond motifs is 2. The highest BCUT2D eigenvalue weighted by molar-refractivity contribution is 5.87. The van der Waals surface area contributed by atoms with Crippen molar-refractivity contribution < 1.29 is 9.53 Å². The summed E-state index contributed by atoms with van der Waals surface area (Å²) in [6.07, 6.45) is 5.02. The summed E-state index contributed by atoms with van der Waals surface area (Å²) in [5.74, 6) is 1.14. The summed E-state index contributed by atoms with van der Waals surface area (Å²) in [5.41, 5.74) is 0.717. The van der Waals surface area contributed by atoms with Crippen LogP contribution in [0.15, 0.2) is 12.2 Å². The maximum atomic E-state index is 11.7. The van der Waals surface area contributed by atoms with Crippen molar-refractivity contribution in [3.8, 4) is 0 Å². The minimum absolute atomic E-state index is 0.125. The van der Waals surface area contributed by atoms with Crippen LogP contribution in [0.3, 0.4) is 0 Å². The number of esters is 1. The third kappa shape index (κ3) is 1.59. The molecule has 90 valence electrons. The molecule has 2 rings (SSSR count). The molecule has 4 atom stereocenters. The van der Waals surface area contributed by atoms with Crippen molar-refractivity contribution in [2.24, 2.45) is 17.3 Å². The van der Waals surface area contributed by atoms with Gasteiger partial charge in [-0.05, 0) is 44.4 Å². The SMILES string of the molecule is C=C(C)C(=O)OC1C2CCC(C2)C1(C)CC. The number of ether oxygens (including phenoxy) is 1.